The van der Waals surface area contributed by atoms with Crippen LogP contribution >= 0.6 is 24.8 Å². The molecule has 3 heteroatoms. The Morgan fingerprint density at radius 2 is 1.76 bits per heavy atom. The van der Waals surface area contributed by atoms with Gasteiger partial charge in [-0.2, -0.15) is 17.2 Å². The van der Waals surface area contributed by atoms with Crippen molar-refractivity contribution in [3.63, 3.8) is 0 Å². The number of rotatable bonds is 0. The Bertz CT molecular complexity index is 297. The molecule has 0 spiro atoms. The van der Waals surface area contributed by atoms with Gasteiger partial charge < -0.3 is 0 Å². The van der Waals surface area contributed by atoms with Gasteiger partial charge in [0.1, 0.15) is 0 Å². The van der Waals surface area contributed by atoms with Gasteiger partial charge >= 0.3 is 28.4 Å². The summed E-state index contributed by atoms with van der Waals surface area (Å²) in [5.74, 6) is 0. The van der Waals surface area contributed by atoms with E-state index in [1.807, 2.05) is 12.2 Å². The summed E-state index contributed by atoms with van der Waals surface area (Å²) in [6.45, 7) is 6.44. The van der Waals surface area contributed by atoms with E-state index < -0.39 is 0 Å². The van der Waals surface area contributed by atoms with Crippen LogP contribution in [0.25, 0.3) is 0 Å². The minimum atomic E-state index is 0. The van der Waals surface area contributed by atoms with Gasteiger partial charge in [0.2, 0.25) is 0 Å². The van der Waals surface area contributed by atoms with E-state index in [0.717, 1.165) is 12.8 Å². The molecule has 0 N–H and O–H groups in total. The molecule has 0 fully saturated rings. The van der Waals surface area contributed by atoms with Gasteiger partial charge in [0, 0.05) is 0 Å². The molecule has 0 nitrogen and oxygen atoms in total. The van der Waals surface area contributed by atoms with Crippen molar-refractivity contribution in [3.05, 3.63) is 47.1 Å². The van der Waals surface area contributed by atoms with E-state index in [4.69, 9.17) is 0 Å². The molecule has 0 radical (unpaired) electrons. The van der Waals surface area contributed by atoms with Crippen molar-refractivity contribution in [1.82, 2.24) is 0 Å². The second-order valence-electron chi connectivity index (χ2n) is 3.39. The monoisotopic (exact) mass is 348 g/mol. The summed E-state index contributed by atoms with van der Waals surface area (Å²) in [6.07, 6.45) is 14.3. The number of hydrogen-bond acceptors (Lipinski definition) is 0. The quantitative estimate of drug-likeness (QED) is 0.561. The van der Waals surface area contributed by atoms with E-state index in [0.29, 0.717) is 0 Å². The molecule has 2 rings (SSSR count). The van der Waals surface area contributed by atoms with E-state index in [1.165, 1.54) is 41.0 Å². The first-order valence-corrected chi connectivity index (χ1v) is 6.77. The average Bonchev–Trinajstić information content (AvgIpc) is 2.92. The molecule has 0 unspecified atom stereocenters. The third-order valence-electron chi connectivity index (χ3n) is 2.41. The zero-order valence-electron chi connectivity index (χ0n) is 10.7. The molecule has 0 amide bonds. The molecule has 0 saturated heterocycles. The third-order valence-corrected chi connectivity index (χ3v) is 2.41. The van der Waals surface area contributed by atoms with Crippen LogP contribution in [0.5, 0.6) is 0 Å². The Kier molecular flexibility index (Phi) is 19.0. The maximum absolute atomic E-state index is 3.34. The molecule has 0 atom stereocenters. The zero-order valence-corrected chi connectivity index (χ0v) is 14.8. The van der Waals surface area contributed by atoms with Crippen molar-refractivity contribution in [3.8, 4) is 0 Å². The first kappa shape index (κ1) is 22.5. The molecule has 0 bridgehead atoms. The molecule has 0 aromatic heterocycles. The van der Waals surface area contributed by atoms with Gasteiger partial charge in [0.05, 0.1) is 0 Å². The van der Waals surface area contributed by atoms with Crippen molar-refractivity contribution in [2.24, 2.45) is 0 Å². The summed E-state index contributed by atoms with van der Waals surface area (Å²) in [6, 6.07) is 0. The Labute approximate surface area is 133 Å². The first-order valence-electron chi connectivity index (χ1n) is 5.03. The van der Waals surface area contributed by atoms with Crippen LogP contribution in [-0.4, -0.2) is 4.21 Å². The summed E-state index contributed by atoms with van der Waals surface area (Å²) in [5, 5.41) is 0. The zero-order chi connectivity index (χ0) is 11.7. The molecular formula is C14H20Cl2Zr. The van der Waals surface area contributed by atoms with Gasteiger partial charge in [-0.25, -0.2) is 17.7 Å². The van der Waals surface area contributed by atoms with Crippen LogP contribution in [0.15, 0.2) is 34.9 Å². The third kappa shape index (κ3) is 9.95. The molecule has 17 heavy (non-hydrogen) atoms. The van der Waals surface area contributed by atoms with Crippen LogP contribution < -0.4 is 0 Å². The van der Waals surface area contributed by atoms with Crippen LogP contribution in [0.2, 0.25) is 0 Å². The molecule has 2 aliphatic rings. The fraction of sp³-hybridized carbons (Fsp3) is 0.357. The number of hydrogen-bond donors (Lipinski definition) is 0. The predicted octanol–water partition coefficient (Wildman–Crippen LogP) is 4.59. The Hall–Kier alpha value is 0.293. The minimum absolute atomic E-state index is 0. The summed E-state index contributed by atoms with van der Waals surface area (Å²) in [4.78, 5) is 0. The fourth-order valence-corrected chi connectivity index (χ4v) is 1.19. The van der Waals surface area contributed by atoms with Gasteiger partial charge in [0.25, 0.3) is 0 Å². The molecule has 0 heterocycles. The van der Waals surface area contributed by atoms with Crippen LogP contribution in [0.1, 0.15) is 33.6 Å². The molecule has 0 aromatic rings. The van der Waals surface area contributed by atoms with Gasteiger partial charge in [0.15, 0.2) is 0 Å². The van der Waals surface area contributed by atoms with Crippen molar-refractivity contribution in [1.29, 1.82) is 0 Å². The topological polar surface area (TPSA) is 0 Å². The van der Waals surface area contributed by atoms with Gasteiger partial charge in [-0.3, -0.25) is 12.2 Å². The maximum atomic E-state index is 3.34. The fourth-order valence-electron chi connectivity index (χ4n) is 1.19. The summed E-state index contributed by atoms with van der Waals surface area (Å²) in [5.41, 5.74) is 4.25. The summed E-state index contributed by atoms with van der Waals surface area (Å²) >= 11 is 1.30. The van der Waals surface area contributed by atoms with Crippen molar-refractivity contribution < 1.29 is 24.2 Å². The second-order valence-corrected chi connectivity index (χ2v) is 3.39. The molecule has 2 aliphatic carbocycles. The van der Waals surface area contributed by atoms with Crippen LogP contribution in [0.3, 0.4) is 0 Å². The Balaban J connectivity index is -0.000000192. The molecule has 0 aliphatic heterocycles. The van der Waals surface area contributed by atoms with Gasteiger partial charge in [-0.05, 0) is 0 Å². The van der Waals surface area contributed by atoms with Crippen molar-refractivity contribution in [2.75, 3.05) is 0 Å². The summed E-state index contributed by atoms with van der Waals surface area (Å²) < 4.78 is 3.34. The van der Waals surface area contributed by atoms with Gasteiger partial charge in [-0.1, -0.05) is 13.8 Å². The number of allylic oxidation sites excluding steroid dienone is 8. The normalized spacial score (nSPS) is 14.8. The van der Waals surface area contributed by atoms with Crippen molar-refractivity contribution in [2.45, 2.75) is 33.6 Å². The van der Waals surface area contributed by atoms with E-state index >= 15 is 0 Å². The SMILES string of the molecule is CC1=[C-]CC(C)=C1C.Cl.Cl.[C-]1=CC=CC1.[CH2]=[Zr+2]. The van der Waals surface area contributed by atoms with Crippen LogP contribution in [0, 0.1) is 12.2 Å². The summed E-state index contributed by atoms with van der Waals surface area (Å²) in [7, 11) is 0. The van der Waals surface area contributed by atoms with E-state index in [2.05, 4.69) is 43.2 Å². The van der Waals surface area contributed by atoms with Crippen LogP contribution in [0.4, 0.5) is 0 Å². The Morgan fingerprint density at radius 1 is 1.18 bits per heavy atom. The van der Waals surface area contributed by atoms with Crippen molar-refractivity contribution >= 4 is 29.0 Å². The molecule has 0 aromatic carbocycles. The standard InChI is InChI=1S/C8H11.C5H5.CH2.2ClH.Zr/c1-6-4-5-7(2)8(6)3;1-2-4-5-3-1;;;;/h4H2,1-3H3;1-3H,4H2;1H2;2*1H;/q2*-1;;;;+2. The predicted molar refractivity (Wildman–Crippen MR) is 78.6 cm³/mol. The van der Waals surface area contributed by atoms with E-state index in [9.17, 15) is 0 Å². The first-order chi connectivity index (χ1) is 7.22. The molecule has 0 saturated carbocycles. The molecule has 94 valence electrons. The molecular weight excluding hydrogens is 330 g/mol. The van der Waals surface area contributed by atoms with E-state index in [-0.39, 0.29) is 24.8 Å². The number of halogens is 2. The Morgan fingerprint density at radius 3 is 1.88 bits per heavy atom. The average molecular weight is 350 g/mol. The van der Waals surface area contributed by atoms with Crippen LogP contribution in [-0.2, 0) is 24.2 Å². The van der Waals surface area contributed by atoms with Gasteiger partial charge in [-0.15, -0.1) is 44.6 Å². The van der Waals surface area contributed by atoms with E-state index in [1.54, 1.807) is 0 Å². The second kappa shape index (κ2) is 14.4.